The summed E-state index contributed by atoms with van der Waals surface area (Å²) in [5, 5.41) is 22.1. The molecular weight excluding hydrogens is 394 g/mol. The van der Waals surface area contributed by atoms with Gasteiger partial charge in [0.05, 0.1) is 19.3 Å². The molecule has 2 amide bonds. The van der Waals surface area contributed by atoms with Crippen LogP contribution in [0.25, 0.3) is 0 Å². The molecule has 0 fully saturated rings. The van der Waals surface area contributed by atoms with Crippen LogP contribution >= 0.6 is 0 Å². The molecule has 4 N–H and O–H groups in total. The SMILES string of the molecule is NS(=O)(=NC(=O)Nc1c2c(cc3c1CCC3)CCC2)c1cnn2c1OC(CO)C2. The summed E-state index contributed by atoms with van der Waals surface area (Å²) in [5.41, 5.74) is 5.73. The number of fused-ring (bicyclic) bond motifs is 3. The number of anilines is 1. The maximum absolute atomic E-state index is 13.0. The van der Waals surface area contributed by atoms with E-state index in [9.17, 15) is 14.1 Å². The number of aliphatic hydroxyl groups is 1. The van der Waals surface area contributed by atoms with Crippen LogP contribution in [-0.4, -0.2) is 37.8 Å². The van der Waals surface area contributed by atoms with Crippen molar-refractivity contribution in [2.45, 2.75) is 56.1 Å². The molecule has 2 atom stereocenters. The van der Waals surface area contributed by atoms with Crippen LogP contribution in [0.3, 0.4) is 0 Å². The first kappa shape index (κ1) is 18.6. The number of urea groups is 1. The number of amides is 2. The van der Waals surface area contributed by atoms with Gasteiger partial charge in [-0.25, -0.2) is 18.8 Å². The van der Waals surface area contributed by atoms with Gasteiger partial charge >= 0.3 is 6.03 Å². The zero-order valence-corrected chi connectivity index (χ0v) is 16.7. The molecule has 0 radical (unpaired) electrons. The van der Waals surface area contributed by atoms with Gasteiger partial charge in [-0.15, -0.1) is 4.36 Å². The summed E-state index contributed by atoms with van der Waals surface area (Å²) in [5.74, 6) is 0.189. The van der Waals surface area contributed by atoms with Crippen LogP contribution in [-0.2, 0) is 42.1 Å². The number of benzene rings is 1. The van der Waals surface area contributed by atoms with E-state index in [1.165, 1.54) is 33.1 Å². The van der Waals surface area contributed by atoms with Crippen molar-refractivity contribution < 1.29 is 18.8 Å². The van der Waals surface area contributed by atoms with Crippen molar-refractivity contribution in [1.82, 2.24) is 9.78 Å². The van der Waals surface area contributed by atoms with E-state index in [1.807, 2.05) is 0 Å². The first-order valence-corrected chi connectivity index (χ1v) is 11.4. The molecule has 10 heteroatoms. The van der Waals surface area contributed by atoms with Crippen LogP contribution in [0.5, 0.6) is 5.88 Å². The first-order valence-electron chi connectivity index (χ1n) is 9.82. The van der Waals surface area contributed by atoms with Crippen LogP contribution in [0.2, 0.25) is 0 Å². The first-order chi connectivity index (χ1) is 14.0. The highest BCUT2D eigenvalue weighted by molar-refractivity contribution is 7.91. The average Bonchev–Trinajstić information content (AvgIpc) is 3.43. The summed E-state index contributed by atoms with van der Waals surface area (Å²) in [7, 11) is -3.55. The molecule has 1 aromatic heterocycles. The van der Waals surface area contributed by atoms with Gasteiger partial charge in [0.2, 0.25) is 5.88 Å². The number of carbonyl (C=O) groups excluding carboxylic acids is 1. The topological polar surface area (TPSA) is 132 Å². The highest BCUT2D eigenvalue weighted by Gasteiger charge is 2.31. The molecule has 29 heavy (non-hydrogen) atoms. The normalized spacial score (nSPS) is 21.1. The van der Waals surface area contributed by atoms with Gasteiger partial charge in [0, 0.05) is 5.69 Å². The Labute approximate surface area is 168 Å². The van der Waals surface area contributed by atoms with E-state index in [1.54, 1.807) is 0 Å². The number of aromatic nitrogens is 2. The predicted octanol–water partition coefficient (Wildman–Crippen LogP) is 1.55. The van der Waals surface area contributed by atoms with Crippen molar-refractivity contribution in [3.63, 3.8) is 0 Å². The minimum absolute atomic E-state index is 0.0621. The quantitative estimate of drug-likeness (QED) is 0.697. The molecule has 0 spiro atoms. The van der Waals surface area contributed by atoms with E-state index in [2.05, 4.69) is 20.8 Å². The smallest absolute Gasteiger partial charge is 0.354 e. The lowest BCUT2D eigenvalue weighted by Gasteiger charge is -2.15. The monoisotopic (exact) mass is 417 g/mol. The Morgan fingerprint density at radius 2 is 2.00 bits per heavy atom. The Morgan fingerprint density at radius 1 is 1.31 bits per heavy atom. The number of hydrogen-bond donors (Lipinski definition) is 3. The van der Waals surface area contributed by atoms with E-state index in [0.717, 1.165) is 44.2 Å². The molecule has 2 unspecified atom stereocenters. The Hall–Kier alpha value is -2.43. The number of rotatable bonds is 3. The van der Waals surface area contributed by atoms with Gasteiger partial charge in [0.15, 0.2) is 9.92 Å². The lowest BCUT2D eigenvalue weighted by molar-refractivity contribution is 0.130. The van der Waals surface area contributed by atoms with Crippen molar-refractivity contribution in [2.24, 2.45) is 9.50 Å². The highest BCUT2D eigenvalue weighted by Crippen LogP contribution is 2.38. The number of ether oxygens (including phenoxy) is 1. The minimum Gasteiger partial charge on any atom is -0.469 e. The lowest BCUT2D eigenvalue weighted by Crippen LogP contribution is -2.21. The van der Waals surface area contributed by atoms with Crippen molar-refractivity contribution in [2.75, 3.05) is 11.9 Å². The van der Waals surface area contributed by atoms with Crippen molar-refractivity contribution in [3.05, 3.63) is 34.5 Å². The fourth-order valence-corrected chi connectivity index (χ4v) is 5.55. The third-order valence-electron chi connectivity index (χ3n) is 5.86. The molecule has 1 aromatic carbocycles. The minimum atomic E-state index is -3.55. The number of aryl methyl sites for hydroxylation is 2. The number of nitrogens with one attached hydrogen (secondary N) is 1. The Balaban J connectivity index is 1.46. The maximum atomic E-state index is 13.0. The summed E-state index contributed by atoms with van der Waals surface area (Å²) in [4.78, 5) is 12.8. The summed E-state index contributed by atoms with van der Waals surface area (Å²) in [6.07, 6.45) is 6.84. The highest BCUT2D eigenvalue weighted by atomic mass is 32.2. The number of carbonyl (C=O) groups is 1. The summed E-state index contributed by atoms with van der Waals surface area (Å²) in [6, 6.07) is 1.54. The number of aliphatic hydroxyl groups excluding tert-OH is 1. The van der Waals surface area contributed by atoms with Crippen molar-refractivity contribution in [1.29, 1.82) is 0 Å². The van der Waals surface area contributed by atoms with Crippen LogP contribution < -0.4 is 15.2 Å². The van der Waals surface area contributed by atoms with E-state index in [-0.39, 0.29) is 17.4 Å². The van der Waals surface area contributed by atoms with Crippen LogP contribution in [0.1, 0.15) is 35.1 Å². The second kappa shape index (κ2) is 6.82. The Bertz CT molecular complexity index is 1100. The molecule has 1 aliphatic heterocycles. The van der Waals surface area contributed by atoms with Crippen molar-refractivity contribution >= 4 is 21.6 Å². The van der Waals surface area contributed by atoms with Gasteiger partial charge < -0.3 is 15.2 Å². The average molecular weight is 417 g/mol. The van der Waals surface area contributed by atoms with Gasteiger partial charge in [-0.1, -0.05) is 6.07 Å². The largest absolute Gasteiger partial charge is 0.469 e. The van der Waals surface area contributed by atoms with Crippen LogP contribution in [0, 0.1) is 0 Å². The summed E-state index contributed by atoms with van der Waals surface area (Å²) in [6.45, 7) is 0.131. The van der Waals surface area contributed by atoms with Gasteiger partial charge in [0.1, 0.15) is 11.0 Å². The van der Waals surface area contributed by atoms with Gasteiger partial charge in [-0.3, -0.25) is 0 Å². The predicted molar refractivity (Wildman–Crippen MR) is 106 cm³/mol. The summed E-state index contributed by atoms with van der Waals surface area (Å²) >= 11 is 0. The molecular formula is C19H23N5O4S. The second-order valence-corrected chi connectivity index (χ2v) is 9.50. The van der Waals surface area contributed by atoms with Gasteiger partial charge in [-0.05, 0) is 60.8 Å². The van der Waals surface area contributed by atoms with Crippen LogP contribution in [0.15, 0.2) is 21.5 Å². The summed E-state index contributed by atoms with van der Waals surface area (Å²) < 4.78 is 23.8. The molecule has 3 aliphatic rings. The van der Waals surface area contributed by atoms with Gasteiger partial charge in [0.25, 0.3) is 0 Å². The van der Waals surface area contributed by atoms with E-state index in [4.69, 9.17) is 9.88 Å². The Kier molecular flexibility index (Phi) is 4.37. The maximum Gasteiger partial charge on any atom is 0.354 e. The van der Waals surface area contributed by atoms with E-state index in [0.29, 0.717) is 6.54 Å². The molecule has 2 aromatic rings. The fourth-order valence-electron chi connectivity index (χ4n) is 4.56. The molecule has 9 nitrogen and oxygen atoms in total. The zero-order valence-electron chi connectivity index (χ0n) is 15.9. The molecule has 0 saturated carbocycles. The molecule has 0 bridgehead atoms. The van der Waals surface area contributed by atoms with E-state index >= 15 is 0 Å². The molecule has 0 saturated heterocycles. The Morgan fingerprint density at radius 3 is 2.66 bits per heavy atom. The fraction of sp³-hybridized carbons (Fsp3) is 0.474. The number of nitrogens with zero attached hydrogens (tertiary/aromatic N) is 3. The van der Waals surface area contributed by atoms with Crippen molar-refractivity contribution in [3.8, 4) is 5.88 Å². The second-order valence-electron chi connectivity index (χ2n) is 7.74. The zero-order chi connectivity index (χ0) is 20.2. The third-order valence-corrected chi connectivity index (χ3v) is 7.20. The number of nitrogens with two attached hydrogens (primary N) is 1. The molecule has 154 valence electrons. The van der Waals surface area contributed by atoms with Gasteiger partial charge in [-0.2, -0.15) is 5.10 Å². The molecule has 2 aliphatic carbocycles. The van der Waals surface area contributed by atoms with E-state index < -0.39 is 22.1 Å². The lowest BCUT2D eigenvalue weighted by atomic mass is 9.99. The molecule has 2 heterocycles. The molecule has 5 rings (SSSR count). The van der Waals surface area contributed by atoms with Crippen LogP contribution in [0.4, 0.5) is 10.5 Å². The number of hydrogen-bond acceptors (Lipinski definition) is 5. The third kappa shape index (κ3) is 3.11. The standard InChI is InChI=1S/C19H23N5O4S/c20-29(27,16-8-21-24-9-13(10-25)28-18(16)24)23-19(26)22-17-14-5-1-3-11(14)7-12-4-2-6-15(12)17/h7-8,13,25H,1-6,9-10H2,(H3,20,22,23,26,27).